The zero-order valence-electron chi connectivity index (χ0n) is 11.3. The Morgan fingerprint density at radius 1 is 1.35 bits per heavy atom. The van der Waals surface area contributed by atoms with Crippen molar-refractivity contribution in [2.24, 2.45) is 7.05 Å². The van der Waals surface area contributed by atoms with E-state index in [-0.39, 0.29) is 5.56 Å². The fraction of sp³-hybridized carbons (Fsp3) is 0.214. The van der Waals surface area contributed by atoms with Gasteiger partial charge in [0.2, 0.25) is 5.88 Å². The first-order valence-electron chi connectivity index (χ1n) is 6.33. The molecule has 0 aliphatic rings. The molecule has 0 amide bonds. The van der Waals surface area contributed by atoms with Gasteiger partial charge in [-0.1, -0.05) is 0 Å². The van der Waals surface area contributed by atoms with Crippen LogP contribution >= 0.6 is 0 Å². The number of nitrogens with zero attached hydrogens (tertiary/aromatic N) is 3. The molecule has 0 radical (unpaired) electrons. The fourth-order valence-electron chi connectivity index (χ4n) is 2.04. The Kier molecular flexibility index (Phi) is 2.98. The Balaban J connectivity index is 2.09. The summed E-state index contributed by atoms with van der Waals surface area (Å²) in [6.07, 6.45) is 3.45. The van der Waals surface area contributed by atoms with Crippen LogP contribution in [0.4, 0.5) is 0 Å². The molecule has 3 aromatic rings. The molecule has 3 rings (SSSR count). The average Bonchev–Trinajstić information content (AvgIpc) is 2.82. The summed E-state index contributed by atoms with van der Waals surface area (Å²) in [4.78, 5) is 23.4. The highest BCUT2D eigenvalue weighted by atomic mass is 16.5. The van der Waals surface area contributed by atoms with Gasteiger partial charge in [-0.25, -0.2) is 9.97 Å². The van der Waals surface area contributed by atoms with Crippen molar-refractivity contribution < 1.29 is 4.74 Å². The highest BCUT2D eigenvalue weighted by Gasteiger charge is 2.08. The molecule has 0 spiro atoms. The van der Waals surface area contributed by atoms with E-state index in [0.717, 1.165) is 5.56 Å². The lowest BCUT2D eigenvalue weighted by atomic mass is 10.2. The van der Waals surface area contributed by atoms with Crippen LogP contribution in [0.2, 0.25) is 0 Å². The number of aromatic amines is 1. The van der Waals surface area contributed by atoms with Gasteiger partial charge in [-0.05, 0) is 19.1 Å². The maximum Gasteiger partial charge on any atom is 0.260 e. The first-order valence-corrected chi connectivity index (χ1v) is 6.33. The Hall–Kier alpha value is -2.63. The number of rotatable bonds is 3. The molecule has 1 N–H and O–H groups in total. The molecule has 0 unspecified atom stereocenters. The van der Waals surface area contributed by atoms with E-state index in [0.29, 0.717) is 29.3 Å². The summed E-state index contributed by atoms with van der Waals surface area (Å²) in [6, 6.07) is 5.33. The average molecular weight is 270 g/mol. The lowest BCUT2D eigenvalue weighted by Crippen LogP contribution is -2.09. The molecule has 0 atom stereocenters. The summed E-state index contributed by atoms with van der Waals surface area (Å²) >= 11 is 0. The normalized spacial score (nSPS) is 10.9. The molecule has 6 heteroatoms. The Morgan fingerprint density at radius 2 is 2.20 bits per heavy atom. The maximum atomic E-state index is 12.0. The van der Waals surface area contributed by atoms with Crippen LogP contribution in [-0.4, -0.2) is 26.1 Å². The highest BCUT2D eigenvalue weighted by Crippen LogP contribution is 2.17. The molecule has 0 aliphatic carbocycles. The number of aryl methyl sites for hydroxylation is 1. The molecular weight excluding hydrogens is 256 g/mol. The molecule has 3 heterocycles. The van der Waals surface area contributed by atoms with Crippen molar-refractivity contribution in [2.45, 2.75) is 6.92 Å². The summed E-state index contributed by atoms with van der Waals surface area (Å²) in [6.45, 7) is 2.47. The van der Waals surface area contributed by atoms with Gasteiger partial charge in [0.1, 0.15) is 11.5 Å². The second-order valence-electron chi connectivity index (χ2n) is 4.40. The van der Waals surface area contributed by atoms with Crippen molar-refractivity contribution >= 4 is 11.0 Å². The van der Waals surface area contributed by atoms with E-state index in [4.69, 9.17) is 4.74 Å². The van der Waals surface area contributed by atoms with Crippen LogP contribution in [0, 0.1) is 0 Å². The van der Waals surface area contributed by atoms with E-state index < -0.39 is 0 Å². The summed E-state index contributed by atoms with van der Waals surface area (Å²) in [5.41, 5.74) is 1.24. The minimum atomic E-state index is -0.153. The summed E-state index contributed by atoms with van der Waals surface area (Å²) in [5.74, 6) is 1.05. The van der Waals surface area contributed by atoms with Gasteiger partial charge in [0.25, 0.3) is 5.56 Å². The van der Waals surface area contributed by atoms with Crippen LogP contribution in [0.25, 0.3) is 22.4 Å². The summed E-state index contributed by atoms with van der Waals surface area (Å²) in [7, 11) is 1.86. The Bertz CT molecular complexity index is 802. The lowest BCUT2D eigenvalue weighted by molar-refractivity contribution is 0.327. The zero-order chi connectivity index (χ0) is 14.1. The Morgan fingerprint density at radius 3 is 2.90 bits per heavy atom. The third-order valence-electron chi connectivity index (χ3n) is 3.04. The molecule has 0 fully saturated rings. The number of hydrogen-bond donors (Lipinski definition) is 1. The van der Waals surface area contributed by atoms with Gasteiger partial charge in [-0.2, -0.15) is 0 Å². The smallest absolute Gasteiger partial charge is 0.260 e. The zero-order valence-corrected chi connectivity index (χ0v) is 11.3. The number of hydrogen-bond acceptors (Lipinski definition) is 4. The summed E-state index contributed by atoms with van der Waals surface area (Å²) in [5, 5.41) is 0.579. The molecule has 0 saturated carbocycles. The SMILES string of the molecule is CCOc1ccc(-c2nc3c(ccn3C)c(=O)[nH]2)cn1. The van der Waals surface area contributed by atoms with Crippen LogP contribution in [0.1, 0.15) is 6.92 Å². The van der Waals surface area contributed by atoms with Crippen LogP contribution in [0.15, 0.2) is 35.4 Å². The van der Waals surface area contributed by atoms with Gasteiger partial charge in [-0.15, -0.1) is 0 Å². The van der Waals surface area contributed by atoms with Crippen LogP contribution < -0.4 is 10.3 Å². The third-order valence-corrected chi connectivity index (χ3v) is 3.04. The largest absolute Gasteiger partial charge is 0.478 e. The topological polar surface area (TPSA) is 72.8 Å². The molecule has 0 saturated heterocycles. The van der Waals surface area contributed by atoms with Crippen molar-refractivity contribution in [3.8, 4) is 17.3 Å². The number of nitrogens with one attached hydrogen (secondary N) is 1. The predicted molar refractivity (Wildman–Crippen MR) is 75.7 cm³/mol. The second kappa shape index (κ2) is 4.80. The standard InChI is InChI=1S/C14H14N4O2/c1-3-20-11-5-4-9(8-15-11)12-16-13-10(14(19)17-12)6-7-18(13)2/h4-8H,3H2,1-2H3,(H,16,17,19). The van der Waals surface area contributed by atoms with E-state index in [9.17, 15) is 4.79 Å². The predicted octanol–water partition coefficient (Wildman–Crippen LogP) is 1.72. The minimum Gasteiger partial charge on any atom is -0.478 e. The lowest BCUT2D eigenvalue weighted by Gasteiger charge is -2.04. The van der Waals surface area contributed by atoms with Gasteiger partial charge in [0.15, 0.2) is 0 Å². The second-order valence-corrected chi connectivity index (χ2v) is 4.40. The molecular formula is C14H14N4O2. The molecule has 20 heavy (non-hydrogen) atoms. The third kappa shape index (κ3) is 2.05. The van der Waals surface area contributed by atoms with E-state index in [1.807, 2.05) is 30.8 Å². The number of pyridine rings is 1. The maximum absolute atomic E-state index is 12.0. The summed E-state index contributed by atoms with van der Waals surface area (Å²) < 4.78 is 7.11. The minimum absolute atomic E-state index is 0.153. The number of fused-ring (bicyclic) bond motifs is 1. The number of aromatic nitrogens is 4. The van der Waals surface area contributed by atoms with Crippen molar-refractivity contribution in [2.75, 3.05) is 6.61 Å². The first kappa shape index (κ1) is 12.4. The first-order chi connectivity index (χ1) is 9.69. The molecule has 6 nitrogen and oxygen atoms in total. The van der Waals surface area contributed by atoms with Crippen LogP contribution in [0.5, 0.6) is 5.88 Å². The number of H-pyrrole nitrogens is 1. The van der Waals surface area contributed by atoms with E-state index in [1.54, 1.807) is 18.3 Å². The van der Waals surface area contributed by atoms with Crippen LogP contribution in [0.3, 0.4) is 0 Å². The monoisotopic (exact) mass is 270 g/mol. The highest BCUT2D eigenvalue weighted by molar-refractivity contribution is 5.77. The van der Waals surface area contributed by atoms with Crippen molar-refractivity contribution in [1.82, 2.24) is 19.5 Å². The quantitative estimate of drug-likeness (QED) is 0.786. The van der Waals surface area contributed by atoms with Gasteiger partial charge < -0.3 is 14.3 Å². The van der Waals surface area contributed by atoms with Gasteiger partial charge in [0, 0.05) is 31.1 Å². The van der Waals surface area contributed by atoms with Crippen molar-refractivity contribution in [3.05, 3.63) is 40.9 Å². The van der Waals surface area contributed by atoms with Crippen molar-refractivity contribution in [3.63, 3.8) is 0 Å². The molecule has 102 valence electrons. The number of ether oxygens (including phenoxy) is 1. The van der Waals surface area contributed by atoms with Crippen molar-refractivity contribution in [1.29, 1.82) is 0 Å². The van der Waals surface area contributed by atoms with E-state index in [2.05, 4.69) is 15.0 Å². The van der Waals surface area contributed by atoms with Gasteiger partial charge in [0.05, 0.1) is 12.0 Å². The molecule has 0 aromatic carbocycles. The molecule has 3 aromatic heterocycles. The van der Waals surface area contributed by atoms with E-state index in [1.165, 1.54) is 0 Å². The molecule has 0 bridgehead atoms. The van der Waals surface area contributed by atoms with E-state index >= 15 is 0 Å². The van der Waals surface area contributed by atoms with Gasteiger partial charge in [-0.3, -0.25) is 4.79 Å². The van der Waals surface area contributed by atoms with Gasteiger partial charge >= 0.3 is 0 Å². The fourth-order valence-corrected chi connectivity index (χ4v) is 2.04. The molecule has 0 aliphatic heterocycles. The Labute approximate surface area is 115 Å². The van der Waals surface area contributed by atoms with Crippen LogP contribution in [-0.2, 0) is 7.05 Å².